The van der Waals surface area contributed by atoms with Crippen LogP contribution >= 0.6 is 11.8 Å². The molecule has 0 saturated heterocycles. The van der Waals surface area contributed by atoms with Gasteiger partial charge in [0.2, 0.25) is 0 Å². The van der Waals surface area contributed by atoms with E-state index in [2.05, 4.69) is 11.6 Å². The normalized spacial score (nSPS) is 24.1. The highest BCUT2D eigenvalue weighted by Gasteiger charge is 2.20. The molecule has 2 rings (SSSR count). The van der Waals surface area contributed by atoms with E-state index >= 15 is 0 Å². The Morgan fingerprint density at radius 1 is 1.44 bits per heavy atom. The smallest absolute Gasteiger partial charge is 0.404 e. The predicted octanol–water partition coefficient (Wildman–Crippen LogP) is 2.95. The van der Waals surface area contributed by atoms with Crippen LogP contribution in [0.1, 0.15) is 31.4 Å². The molecule has 0 aliphatic heterocycles. The maximum Gasteiger partial charge on any atom is 0.433 e. The van der Waals surface area contributed by atoms with Crippen molar-refractivity contribution in [1.29, 1.82) is 0 Å². The van der Waals surface area contributed by atoms with Crippen molar-refractivity contribution in [2.24, 2.45) is 0 Å². The summed E-state index contributed by atoms with van der Waals surface area (Å²) in [6.45, 7) is 0.572. The van der Waals surface area contributed by atoms with Gasteiger partial charge in [-0.2, -0.15) is 11.8 Å². The molecule has 0 bridgehead atoms. The summed E-state index contributed by atoms with van der Waals surface area (Å²) in [4.78, 5) is 9.97. The fraction of sp³-hybridized carbons (Fsp3) is 0.667. The van der Waals surface area contributed by atoms with Crippen molar-refractivity contribution < 1.29 is 9.34 Å². The zero-order valence-electron chi connectivity index (χ0n) is 10.4. The molecule has 0 spiro atoms. The zero-order valence-corrected chi connectivity index (χ0v) is 11.2. The molecule has 0 amide bonds. The van der Waals surface area contributed by atoms with Gasteiger partial charge in [-0.05, 0) is 38.0 Å². The van der Waals surface area contributed by atoms with Crippen molar-refractivity contribution in [3.05, 3.63) is 28.0 Å². The van der Waals surface area contributed by atoms with E-state index in [0.29, 0.717) is 18.3 Å². The highest BCUT2D eigenvalue weighted by Crippen LogP contribution is 2.27. The van der Waals surface area contributed by atoms with Crippen molar-refractivity contribution in [3.63, 3.8) is 0 Å². The summed E-state index contributed by atoms with van der Waals surface area (Å²) in [6, 6.07) is 3.58. The average Bonchev–Trinajstić information content (AvgIpc) is 2.86. The van der Waals surface area contributed by atoms with Gasteiger partial charge in [0, 0.05) is 11.3 Å². The Kier molecular flexibility index (Phi) is 4.66. The number of furan rings is 1. The molecule has 18 heavy (non-hydrogen) atoms. The highest BCUT2D eigenvalue weighted by molar-refractivity contribution is 7.99. The van der Waals surface area contributed by atoms with Crippen LogP contribution in [-0.4, -0.2) is 22.5 Å². The Balaban J connectivity index is 1.76. The minimum Gasteiger partial charge on any atom is -0.404 e. The second-order valence-corrected chi connectivity index (χ2v) is 5.73. The van der Waals surface area contributed by atoms with E-state index in [1.165, 1.54) is 31.7 Å². The Morgan fingerprint density at radius 3 is 2.72 bits per heavy atom. The maximum absolute atomic E-state index is 10.5. The van der Waals surface area contributed by atoms with Crippen molar-refractivity contribution in [2.45, 2.75) is 43.5 Å². The Morgan fingerprint density at radius 2 is 2.17 bits per heavy atom. The Bertz CT molecular complexity index is 400. The molecule has 100 valence electrons. The second kappa shape index (κ2) is 6.24. The van der Waals surface area contributed by atoms with Gasteiger partial charge in [-0.25, -0.2) is 0 Å². The molecule has 0 atom stereocenters. The second-order valence-electron chi connectivity index (χ2n) is 4.59. The summed E-state index contributed by atoms with van der Waals surface area (Å²) in [6.07, 6.45) is 7.01. The van der Waals surface area contributed by atoms with Gasteiger partial charge in [0.1, 0.15) is 10.7 Å². The largest absolute Gasteiger partial charge is 0.433 e. The Hall–Kier alpha value is -1.01. The van der Waals surface area contributed by atoms with Gasteiger partial charge in [0.15, 0.2) is 0 Å². The standard InChI is InChI=1S/C12H18N2O3S/c1-18-11-5-2-9(3-6-11)13-8-10-4-7-12(17-10)14(15)16/h4,7,9,11,13H,2-3,5-6,8H2,1H3. The minimum absolute atomic E-state index is 0.183. The van der Waals surface area contributed by atoms with E-state index in [-0.39, 0.29) is 5.88 Å². The van der Waals surface area contributed by atoms with E-state index in [1.54, 1.807) is 6.07 Å². The van der Waals surface area contributed by atoms with E-state index in [1.807, 2.05) is 11.8 Å². The molecule has 0 aromatic carbocycles. The molecule has 1 aliphatic carbocycles. The summed E-state index contributed by atoms with van der Waals surface area (Å²) in [7, 11) is 0. The minimum atomic E-state index is -0.507. The van der Waals surface area contributed by atoms with E-state index in [9.17, 15) is 10.1 Å². The number of hydrogen-bond donors (Lipinski definition) is 1. The number of rotatable bonds is 5. The molecule has 5 nitrogen and oxygen atoms in total. The molecule has 1 aromatic heterocycles. The van der Waals surface area contributed by atoms with E-state index in [0.717, 1.165) is 5.25 Å². The lowest BCUT2D eigenvalue weighted by atomic mass is 9.95. The van der Waals surface area contributed by atoms with Gasteiger partial charge < -0.3 is 9.73 Å². The van der Waals surface area contributed by atoms with Crippen LogP contribution < -0.4 is 5.32 Å². The Labute approximate surface area is 110 Å². The third-order valence-electron chi connectivity index (χ3n) is 3.40. The molecule has 1 aromatic rings. The lowest BCUT2D eigenvalue weighted by Gasteiger charge is -2.27. The summed E-state index contributed by atoms with van der Waals surface area (Å²) in [5, 5.41) is 14.7. The number of thioether (sulfide) groups is 1. The van der Waals surface area contributed by atoms with Gasteiger partial charge in [0.25, 0.3) is 0 Å². The van der Waals surface area contributed by atoms with Crippen LogP contribution in [0.15, 0.2) is 16.5 Å². The lowest BCUT2D eigenvalue weighted by molar-refractivity contribution is -0.402. The molecular weight excluding hydrogens is 252 g/mol. The fourth-order valence-corrected chi connectivity index (χ4v) is 3.05. The quantitative estimate of drug-likeness (QED) is 0.658. The van der Waals surface area contributed by atoms with Crippen molar-refractivity contribution >= 4 is 17.6 Å². The third kappa shape index (κ3) is 3.49. The highest BCUT2D eigenvalue weighted by atomic mass is 32.2. The first kappa shape index (κ1) is 13.4. The topological polar surface area (TPSA) is 68.3 Å². The first-order valence-corrected chi connectivity index (χ1v) is 7.47. The number of nitrogens with zero attached hydrogens (tertiary/aromatic N) is 1. The molecule has 1 aliphatic rings. The van der Waals surface area contributed by atoms with Crippen molar-refractivity contribution in [3.8, 4) is 0 Å². The van der Waals surface area contributed by atoms with Crippen molar-refractivity contribution in [1.82, 2.24) is 5.32 Å². The zero-order chi connectivity index (χ0) is 13.0. The maximum atomic E-state index is 10.5. The molecule has 1 N–H and O–H groups in total. The number of hydrogen-bond acceptors (Lipinski definition) is 5. The fourth-order valence-electron chi connectivity index (χ4n) is 2.31. The average molecular weight is 270 g/mol. The van der Waals surface area contributed by atoms with E-state index < -0.39 is 4.92 Å². The molecule has 1 heterocycles. The summed E-state index contributed by atoms with van der Waals surface area (Å²) >= 11 is 1.95. The molecular formula is C12H18N2O3S. The van der Waals surface area contributed by atoms with Crippen LogP contribution in [0.3, 0.4) is 0 Å². The SMILES string of the molecule is CSC1CCC(NCc2ccc([N+](=O)[O-])o2)CC1. The number of nitro groups is 1. The van der Waals surface area contributed by atoms with Crippen LogP contribution in [0.2, 0.25) is 0 Å². The van der Waals surface area contributed by atoms with Crippen molar-refractivity contribution in [2.75, 3.05) is 6.26 Å². The van der Waals surface area contributed by atoms with Crippen LogP contribution in [-0.2, 0) is 6.54 Å². The van der Waals surface area contributed by atoms with Gasteiger partial charge in [-0.15, -0.1) is 0 Å². The number of nitrogens with one attached hydrogen (secondary N) is 1. The molecule has 1 saturated carbocycles. The lowest BCUT2D eigenvalue weighted by Crippen LogP contribution is -2.33. The summed E-state index contributed by atoms with van der Waals surface area (Å²) in [5.41, 5.74) is 0. The van der Waals surface area contributed by atoms with Crippen LogP contribution in [0.4, 0.5) is 5.88 Å². The first-order valence-electron chi connectivity index (χ1n) is 6.18. The summed E-state index contributed by atoms with van der Waals surface area (Å²) in [5.74, 6) is 0.451. The van der Waals surface area contributed by atoms with Crippen LogP contribution in [0.5, 0.6) is 0 Å². The predicted molar refractivity (Wildman–Crippen MR) is 71.8 cm³/mol. The third-order valence-corrected chi connectivity index (χ3v) is 4.54. The van der Waals surface area contributed by atoms with Gasteiger partial charge in [0.05, 0.1) is 12.6 Å². The van der Waals surface area contributed by atoms with Gasteiger partial charge in [-0.1, -0.05) is 0 Å². The van der Waals surface area contributed by atoms with Crippen LogP contribution in [0.25, 0.3) is 0 Å². The first-order chi connectivity index (χ1) is 8.69. The monoisotopic (exact) mass is 270 g/mol. The van der Waals surface area contributed by atoms with Crippen LogP contribution in [0, 0.1) is 10.1 Å². The summed E-state index contributed by atoms with van der Waals surface area (Å²) < 4.78 is 5.11. The molecule has 0 unspecified atom stereocenters. The van der Waals surface area contributed by atoms with E-state index in [4.69, 9.17) is 4.42 Å². The van der Waals surface area contributed by atoms with Gasteiger partial charge in [-0.3, -0.25) is 10.1 Å². The molecule has 6 heteroatoms. The molecule has 0 radical (unpaired) electrons. The molecule has 1 fully saturated rings. The van der Waals surface area contributed by atoms with Gasteiger partial charge >= 0.3 is 5.88 Å².